The van der Waals surface area contributed by atoms with E-state index in [-0.39, 0.29) is 25.0 Å². The summed E-state index contributed by atoms with van der Waals surface area (Å²) in [6.07, 6.45) is 3.56. The largest absolute Gasteiger partial charge is 0.481 e. The highest BCUT2D eigenvalue weighted by Crippen LogP contribution is 2.21. The van der Waals surface area contributed by atoms with Gasteiger partial charge in [0, 0.05) is 19.0 Å². The maximum absolute atomic E-state index is 12.3. The van der Waals surface area contributed by atoms with Crippen molar-refractivity contribution in [2.24, 2.45) is 0 Å². The van der Waals surface area contributed by atoms with E-state index in [0.29, 0.717) is 19.6 Å². The first-order valence-corrected chi connectivity index (χ1v) is 7.80. The van der Waals surface area contributed by atoms with Gasteiger partial charge in [-0.25, -0.2) is 0 Å². The average Bonchev–Trinajstić information content (AvgIpc) is 2.54. The van der Waals surface area contributed by atoms with Gasteiger partial charge >= 0.3 is 5.97 Å². The Balaban J connectivity index is 1.79. The van der Waals surface area contributed by atoms with Crippen molar-refractivity contribution < 1.29 is 19.4 Å². The Morgan fingerprint density at radius 1 is 1.23 bits per heavy atom. The number of carbonyl (C=O) groups is 2. The van der Waals surface area contributed by atoms with Crippen LogP contribution < -0.4 is 0 Å². The Morgan fingerprint density at radius 2 is 2.00 bits per heavy atom. The molecule has 0 saturated carbocycles. The number of nitrogens with zero attached hydrogens (tertiary/aromatic N) is 1. The van der Waals surface area contributed by atoms with E-state index in [4.69, 9.17) is 9.84 Å². The fraction of sp³-hybridized carbons (Fsp3) is 0.529. The molecular formula is C17H23NO4. The number of aliphatic carboxylic acids is 1. The van der Waals surface area contributed by atoms with Crippen LogP contribution in [0.1, 0.15) is 37.7 Å². The molecule has 1 heterocycles. The van der Waals surface area contributed by atoms with Crippen LogP contribution in [0.2, 0.25) is 0 Å². The Kier molecular flexibility index (Phi) is 6.40. The second kappa shape index (κ2) is 8.54. The van der Waals surface area contributed by atoms with Gasteiger partial charge < -0.3 is 14.7 Å². The first kappa shape index (κ1) is 16.5. The summed E-state index contributed by atoms with van der Waals surface area (Å²) in [7, 11) is 0. The Hall–Kier alpha value is -1.88. The molecule has 0 aromatic heterocycles. The van der Waals surface area contributed by atoms with Gasteiger partial charge in [0.15, 0.2) is 0 Å². The van der Waals surface area contributed by atoms with Crippen LogP contribution in [-0.4, -0.2) is 41.1 Å². The summed E-state index contributed by atoms with van der Waals surface area (Å²) in [5, 5.41) is 8.81. The number of carbonyl (C=O) groups excluding carboxylic acids is 1. The molecule has 5 nitrogen and oxygen atoms in total. The second-order valence-electron chi connectivity index (χ2n) is 5.65. The lowest BCUT2D eigenvalue weighted by atomic mass is 9.98. The third-order valence-corrected chi connectivity index (χ3v) is 3.98. The van der Waals surface area contributed by atoms with E-state index in [9.17, 15) is 9.59 Å². The van der Waals surface area contributed by atoms with Gasteiger partial charge in [-0.1, -0.05) is 30.3 Å². The molecule has 1 aromatic carbocycles. The number of piperidine rings is 1. The van der Waals surface area contributed by atoms with E-state index >= 15 is 0 Å². The maximum Gasteiger partial charge on any atom is 0.303 e. The van der Waals surface area contributed by atoms with Crippen LogP contribution in [0.5, 0.6) is 0 Å². The molecule has 0 bridgehead atoms. The molecule has 1 atom stereocenters. The van der Waals surface area contributed by atoms with Crippen molar-refractivity contribution in [3.05, 3.63) is 35.9 Å². The molecule has 120 valence electrons. The lowest BCUT2D eigenvalue weighted by Crippen LogP contribution is -2.45. The monoisotopic (exact) mass is 305 g/mol. The van der Waals surface area contributed by atoms with Gasteiger partial charge in [-0.15, -0.1) is 0 Å². The smallest absolute Gasteiger partial charge is 0.303 e. The van der Waals surface area contributed by atoms with Gasteiger partial charge in [0.2, 0.25) is 5.91 Å². The highest BCUT2D eigenvalue weighted by molar-refractivity contribution is 5.78. The molecule has 1 aliphatic rings. The zero-order valence-electron chi connectivity index (χ0n) is 12.7. The van der Waals surface area contributed by atoms with Crippen molar-refractivity contribution in [2.75, 3.05) is 13.2 Å². The molecular weight excluding hydrogens is 282 g/mol. The predicted octanol–water partition coefficient (Wildman–Crippen LogP) is 2.45. The summed E-state index contributed by atoms with van der Waals surface area (Å²) >= 11 is 0. The van der Waals surface area contributed by atoms with Crippen molar-refractivity contribution in [1.29, 1.82) is 0 Å². The molecule has 2 rings (SSSR count). The SMILES string of the molecule is O=C(O)CCC1CCCCN1C(=O)COCc1ccccc1. The number of benzene rings is 1. The normalized spacial score (nSPS) is 18.2. The van der Waals surface area contributed by atoms with E-state index in [0.717, 1.165) is 24.8 Å². The molecule has 0 radical (unpaired) electrons. The van der Waals surface area contributed by atoms with Gasteiger partial charge in [0.1, 0.15) is 6.61 Å². The van der Waals surface area contributed by atoms with Crippen LogP contribution in [0.25, 0.3) is 0 Å². The van der Waals surface area contributed by atoms with Gasteiger partial charge in [0.25, 0.3) is 0 Å². The standard InChI is InChI=1S/C17H23NO4/c19-16(13-22-12-14-6-2-1-3-7-14)18-11-5-4-8-15(18)9-10-17(20)21/h1-3,6-7,15H,4-5,8-13H2,(H,20,21). The zero-order valence-corrected chi connectivity index (χ0v) is 12.7. The summed E-state index contributed by atoms with van der Waals surface area (Å²) in [6.45, 7) is 1.18. The lowest BCUT2D eigenvalue weighted by Gasteiger charge is -2.35. The minimum atomic E-state index is -0.807. The number of hydrogen-bond donors (Lipinski definition) is 1. The molecule has 22 heavy (non-hydrogen) atoms. The van der Waals surface area contributed by atoms with Crippen molar-refractivity contribution in [2.45, 2.75) is 44.8 Å². The van der Waals surface area contributed by atoms with E-state index < -0.39 is 5.97 Å². The molecule has 1 fully saturated rings. The van der Waals surface area contributed by atoms with Crippen molar-refractivity contribution in [3.63, 3.8) is 0 Å². The van der Waals surface area contributed by atoms with Crippen molar-refractivity contribution in [3.8, 4) is 0 Å². The van der Waals surface area contributed by atoms with Gasteiger partial charge in [-0.3, -0.25) is 9.59 Å². The fourth-order valence-corrected chi connectivity index (χ4v) is 2.83. The summed E-state index contributed by atoms with van der Waals surface area (Å²) < 4.78 is 5.50. The van der Waals surface area contributed by atoms with Gasteiger partial charge in [-0.05, 0) is 31.2 Å². The third-order valence-electron chi connectivity index (χ3n) is 3.98. The minimum absolute atomic E-state index is 0.0361. The quantitative estimate of drug-likeness (QED) is 0.840. The minimum Gasteiger partial charge on any atom is -0.481 e. The number of amides is 1. The average molecular weight is 305 g/mol. The van der Waals surface area contributed by atoms with E-state index in [1.165, 1.54) is 0 Å². The zero-order chi connectivity index (χ0) is 15.8. The van der Waals surface area contributed by atoms with E-state index in [1.807, 2.05) is 30.3 Å². The lowest BCUT2D eigenvalue weighted by molar-refractivity contribution is -0.142. The highest BCUT2D eigenvalue weighted by Gasteiger charge is 2.26. The van der Waals surface area contributed by atoms with Crippen LogP contribution in [0.3, 0.4) is 0 Å². The number of rotatable bonds is 7. The molecule has 5 heteroatoms. The molecule has 1 amide bonds. The topological polar surface area (TPSA) is 66.8 Å². The number of carboxylic acid groups (broad SMARTS) is 1. The summed E-state index contributed by atoms with van der Waals surface area (Å²) in [4.78, 5) is 24.8. The fourth-order valence-electron chi connectivity index (χ4n) is 2.83. The van der Waals surface area contributed by atoms with E-state index in [2.05, 4.69) is 0 Å². The highest BCUT2D eigenvalue weighted by atomic mass is 16.5. The molecule has 1 saturated heterocycles. The Bertz CT molecular complexity index is 489. The maximum atomic E-state index is 12.3. The van der Waals surface area contributed by atoms with Crippen LogP contribution in [0, 0.1) is 0 Å². The molecule has 0 aliphatic carbocycles. The number of hydrogen-bond acceptors (Lipinski definition) is 3. The summed E-state index contributed by atoms with van der Waals surface area (Å²) in [5.41, 5.74) is 1.04. The molecule has 1 N–H and O–H groups in total. The number of likely N-dealkylation sites (tertiary alicyclic amines) is 1. The Labute approximate surface area is 130 Å². The van der Waals surface area contributed by atoms with E-state index in [1.54, 1.807) is 4.90 Å². The summed E-state index contributed by atoms with van der Waals surface area (Å²) in [6, 6.07) is 9.77. The molecule has 0 spiro atoms. The van der Waals surface area contributed by atoms with Gasteiger partial charge in [-0.2, -0.15) is 0 Å². The second-order valence-corrected chi connectivity index (χ2v) is 5.65. The van der Waals surface area contributed by atoms with Crippen LogP contribution >= 0.6 is 0 Å². The summed E-state index contributed by atoms with van der Waals surface area (Å²) in [5.74, 6) is -0.843. The molecule has 1 unspecified atom stereocenters. The molecule has 1 aliphatic heterocycles. The number of carboxylic acids is 1. The van der Waals surface area contributed by atoms with Crippen LogP contribution in [-0.2, 0) is 20.9 Å². The first-order chi connectivity index (χ1) is 10.7. The van der Waals surface area contributed by atoms with Crippen molar-refractivity contribution in [1.82, 2.24) is 4.90 Å². The Morgan fingerprint density at radius 3 is 2.73 bits per heavy atom. The third kappa shape index (κ3) is 5.15. The first-order valence-electron chi connectivity index (χ1n) is 7.80. The van der Waals surface area contributed by atoms with Crippen LogP contribution in [0.15, 0.2) is 30.3 Å². The predicted molar refractivity (Wildman–Crippen MR) is 82.3 cm³/mol. The van der Waals surface area contributed by atoms with Crippen molar-refractivity contribution >= 4 is 11.9 Å². The molecule has 1 aromatic rings. The van der Waals surface area contributed by atoms with Crippen LogP contribution in [0.4, 0.5) is 0 Å². The van der Waals surface area contributed by atoms with Gasteiger partial charge in [0.05, 0.1) is 6.61 Å². The number of ether oxygens (including phenoxy) is 1.